The van der Waals surface area contributed by atoms with E-state index in [0.29, 0.717) is 12.3 Å². The van der Waals surface area contributed by atoms with Crippen LogP contribution in [-0.2, 0) is 0 Å². The first-order valence-corrected chi connectivity index (χ1v) is 5.17. The van der Waals surface area contributed by atoms with Crippen molar-refractivity contribution < 1.29 is 10.2 Å². The molecule has 0 aliphatic heterocycles. The van der Waals surface area contributed by atoms with Crippen molar-refractivity contribution in [1.82, 2.24) is 0 Å². The number of benzene rings is 1. The van der Waals surface area contributed by atoms with Gasteiger partial charge in [-0.1, -0.05) is 29.8 Å². The molecular formula is C11H15ClO2. The molecular weight excluding hydrogens is 200 g/mol. The van der Waals surface area contributed by atoms with Gasteiger partial charge in [0.25, 0.3) is 0 Å². The van der Waals surface area contributed by atoms with Crippen molar-refractivity contribution in [2.75, 3.05) is 5.88 Å². The molecule has 0 radical (unpaired) electrons. The molecule has 0 bridgehead atoms. The van der Waals surface area contributed by atoms with Gasteiger partial charge in [0.05, 0.1) is 6.10 Å². The van der Waals surface area contributed by atoms with E-state index in [1.807, 2.05) is 25.1 Å². The highest BCUT2D eigenvalue weighted by Gasteiger charge is 2.17. The second-order valence-electron chi connectivity index (χ2n) is 3.40. The van der Waals surface area contributed by atoms with Crippen LogP contribution in [0, 0.1) is 6.92 Å². The Morgan fingerprint density at radius 3 is 2.64 bits per heavy atom. The third-order valence-electron chi connectivity index (χ3n) is 2.15. The number of aliphatic hydroxyl groups excluding tert-OH is 2. The zero-order valence-electron chi connectivity index (χ0n) is 8.15. The summed E-state index contributed by atoms with van der Waals surface area (Å²) >= 11 is 5.49. The van der Waals surface area contributed by atoms with Gasteiger partial charge in [-0.2, -0.15) is 0 Å². The fourth-order valence-corrected chi connectivity index (χ4v) is 1.57. The highest BCUT2D eigenvalue weighted by Crippen LogP contribution is 2.19. The zero-order valence-corrected chi connectivity index (χ0v) is 8.91. The van der Waals surface area contributed by atoms with E-state index in [1.165, 1.54) is 0 Å². The molecule has 0 aromatic heterocycles. The first kappa shape index (κ1) is 11.5. The highest BCUT2D eigenvalue weighted by molar-refractivity contribution is 6.17. The topological polar surface area (TPSA) is 40.5 Å². The summed E-state index contributed by atoms with van der Waals surface area (Å²) in [6.07, 6.45) is -1.22. The van der Waals surface area contributed by atoms with Crippen LogP contribution in [0.15, 0.2) is 24.3 Å². The maximum atomic E-state index is 9.74. The summed E-state index contributed by atoms with van der Waals surface area (Å²) < 4.78 is 0. The van der Waals surface area contributed by atoms with Gasteiger partial charge in [-0.3, -0.25) is 0 Å². The molecule has 1 aromatic carbocycles. The number of hydrogen-bond acceptors (Lipinski definition) is 2. The molecule has 0 amide bonds. The van der Waals surface area contributed by atoms with E-state index in [0.717, 1.165) is 11.1 Å². The smallest absolute Gasteiger partial charge is 0.105 e. The van der Waals surface area contributed by atoms with Crippen LogP contribution in [0.2, 0.25) is 0 Å². The molecule has 2 N–H and O–H groups in total. The largest absolute Gasteiger partial charge is 0.390 e. The van der Waals surface area contributed by atoms with Gasteiger partial charge in [-0.25, -0.2) is 0 Å². The first-order chi connectivity index (χ1) is 6.65. The summed E-state index contributed by atoms with van der Waals surface area (Å²) in [5.41, 5.74) is 1.81. The van der Waals surface area contributed by atoms with Crippen LogP contribution >= 0.6 is 11.6 Å². The van der Waals surface area contributed by atoms with Crippen molar-refractivity contribution in [2.24, 2.45) is 0 Å². The van der Waals surface area contributed by atoms with Crippen molar-refractivity contribution in [1.29, 1.82) is 0 Å². The predicted octanol–water partition coefficient (Wildman–Crippen LogP) is 2.02. The molecule has 1 aromatic rings. The molecule has 1 rings (SSSR count). The number of aryl methyl sites for hydroxylation is 1. The van der Waals surface area contributed by atoms with Gasteiger partial charge in [-0.05, 0) is 18.9 Å². The predicted molar refractivity (Wildman–Crippen MR) is 57.5 cm³/mol. The Kier molecular flexibility index (Phi) is 4.39. The normalized spacial score (nSPS) is 15.1. The number of rotatable bonds is 4. The van der Waals surface area contributed by atoms with E-state index in [1.54, 1.807) is 6.07 Å². The maximum absolute atomic E-state index is 9.74. The SMILES string of the molecule is Cc1cccc(C(O)C(O)CCCl)c1. The molecule has 14 heavy (non-hydrogen) atoms. The number of halogens is 1. The summed E-state index contributed by atoms with van der Waals surface area (Å²) in [4.78, 5) is 0. The Hall–Kier alpha value is -0.570. The van der Waals surface area contributed by atoms with Gasteiger partial charge in [0.1, 0.15) is 6.10 Å². The van der Waals surface area contributed by atoms with Crippen molar-refractivity contribution in [2.45, 2.75) is 25.6 Å². The van der Waals surface area contributed by atoms with Crippen molar-refractivity contribution >= 4 is 11.6 Å². The van der Waals surface area contributed by atoms with Crippen LogP contribution in [0.1, 0.15) is 23.7 Å². The number of hydrogen-bond donors (Lipinski definition) is 2. The lowest BCUT2D eigenvalue weighted by atomic mass is 10.0. The van der Waals surface area contributed by atoms with E-state index in [9.17, 15) is 10.2 Å². The van der Waals surface area contributed by atoms with Crippen LogP contribution in [0.5, 0.6) is 0 Å². The highest BCUT2D eigenvalue weighted by atomic mass is 35.5. The minimum atomic E-state index is -0.839. The molecule has 0 aliphatic carbocycles. The Balaban J connectivity index is 2.73. The van der Waals surface area contributed by atoms with E-state index in [-0.39, 0.29) is 0 Å². The summed E-state index contributed by atoms with van der Waals surface area (Å²) in [5, 5.41) is 19.3. The summed E-state index contributed by atoms with van der Waals surface area (Å²) in [6.45, 7) is 1.95. The van der Waals surface area contributed by atoms with Gasteiger partial charge in [0, 0.05) is 5.88 Å². The molecule has 2 atom stereocenters. The second-order valence-corrected chi connectivity index (χ2v) is 3.78. The Bertz CT molecular complexity index is 288. The summed E-state index contributed by atoms with van der Waals surface area (Å²) in [5.74, 6) is 0.351. The number of aliphatic hydroxyl groups is 2. The molecule has 0 aliphatic rings. The third-order valence-corrected chi connectivity index (χ3v) is 2.37. The fraction of sp³-hybridized carbons (Fsp3) is 0.455. The van der Waals surface area contributed by atoms with Crippen LogP contribution in [0.4, 0.5) is 0 Å². The van der Waals surface area contributed by atoms with E-state index in [2.05, 4.69) is 0 Å². The average Bonchev–Trinajstić information content (AvgIpc) is 2.17. The summed E-state index contributed by atoms with van der Waals surface area (Å²) in [7, 11) is 0. The van der Waals surface area contributed by atoms with E-state index in [4.69, 9.17) is 11.6 Å². The second kappa shape index (κ2) is 5.35. The van der Waals surface area contributed by atoms with Gasteiger partial charge in [0.15, 0.2) is 0 Å². The van der Waals surface area contributed by atoms with Gasteiger partial charge < -0.3 is 10.2 Å². The first-order valence-electron chi connectivity index (χ1n) is 4.64. The minimum absolute atomic E-state index is 0.351. The standard InChI is InChI=1S/C11H15ClO2/c1-8-3-2-4-9(7-8)11(14)10(13)5-6-12/h2-4,7,10-11,13-14H,5-6H2,1H3. The van der Waals surface area contributed by atoms with Gasteiger partial charge >= 0.3 is 0 Å². The molecule has 2 unspecified atom stereocenters. The van der Waals surface area contributed by atoms with Crippen LogP contribution < -0.4 is 0 Å². The molecule has 3 heteroatoms. The number of alkyl halides is 1. The van der Waals surface area contributed by atoms with Gasteiger partial charge in [-0.15, -0.1) is 11.6 Å². The molecule has 0 saturated carbocycles. The van der Waals surface area contributed by atoms with Crippen molar-refractivity contribution in [3.05, 3.63) is 35.4 Å². The lowest BCUT2D eigenvalue weighted by Crippen LogP contribution is -2.18. The Morgan fingerprint density at radius 1 is 1.36 bits per heavy atom. The molecule has 78 valence electrons. The van der Waals surface area contributed by atoms with Crippen molar-refractivity contribution in [3.63, 3.8) is 0 Å². The quantitative estimate of drug-likeness (QED) is 0.753. The van der Waals surface area contributed by atoms with Crippen LogP contribution in [-0.4, -0.2) is 22.2 Å². The molecule has 0 spiro atoms. The molecule has 0 saturated heterocycles. The van der Waals surface area contributed by atoms with Crippen molar-refractivity contribution in [3.8, 4) is 0 Å². The van der Waals surface area contributed by atoms with E-state index < -0.39 is 12.2 Å². The Labute approximate surface area is 89.1 Å². The van der Waals surface area contributed by atoms with Gasteiger partial charge in [0.2, 0.25) is 0 Å². The van der Waals surface area contributed by atoms with E-state index >= 15 is 0 Å². The Morgan fingerprint density at radius 2 is 2.07 bits per heavy atom. The maximum Gasteiger partial charge on any atom is 0.105 e. The van der Waals surface area contributed by atoms with Crippen LogP contribution in [0.3, 0.4) is 0 Å². The molecule has 2 nitrogen and oxygen atoms in total. The summed E-state index contributed by atoms with van der Waals surface area (Å²) in [6, 6.07) is 7.47. The fourth-order valence-electron chi connectivity index (χ4n) is 1.35. The molecule has 0 fully saturated rings. The average molecular weight is 215 g/mol. The lowest BCUT2D eigenvalue weighted by Gasteiger charge is -2.17. The third kappa shape index (κ3) is 2.98. The molecule has 0 heterocycles. The monoisotopic (exact) mass is 214 g/mol. The van der Waals surface area contributed by atoms with Crippen LogP contribution in [0.25, 0.3) is 0 Å². The minimum Gasteiger partial charge on any atom is -0.390 e. The lowest BCUT2D eigenvalue weighted by molar-refractivity contribution is 0.0170. The zero-order chi connectivity index (χ0) is 10.6.